The van der Waals surface area contributed by atoms with Crippen LogP contribution in [0.4, 0.5) is 0 Å². The van der Waals surface area contributed by atoms with Crippen LogP contribution in [0.2, 0.25) is 0 Å². The quantitative estimate of drug-likeness (QED) is 0.766. The van der Waals surface area contributed by atoms with Crippen LogP contribution in [0.1, 0.15) is 43.9 Å². The third kappa shape index (κ3) is 1.49. The average molecular weight is 206 g/mol. The monoisotopic (exact) mass is 206 g/mol. The van der Waals surface area contributed by atoms with Gasteiger partial charge in [-0.05, 0) is 44.2 Å². The van der Waals surface area contributed by atoms with Crippen LogP contribution in [0.5, 0.6) is 0 Å². The van der Waals surface area contributed by atoms with Gasteiger partial charge in [0.25, 0.3) is 0 Å². The molecule has 1 aliphatic carbocycles. The fraction of sp³-hybridized carbons (Fsp3) is 0.750. The molecule has 1 atom stereocenters. The highest BCUT2D eigenvalue weighted by Crippen LogP contribution is 2.53. The molecule has 1 saturated heterocycles. The minimum atomic E-state index is 0.496. The maximum Gasteiger partial charge on any atom is 0.197 e. The minimum absolute atomic E-state index is 0.496. The van der Waals surface area contributed by atoms with Crippen LogP contribution < -0.4 is 5.32 Å². The summed E-state index contributed by atoms with van der Waals surface area (Å²) in [4.78, 5) is 4.36. The van der Waals surface area contributed by atoms with E-state index in [4.69, 9.17) is 4.42 Å². The van der Waals surface area contributed by atoms with E-state index in [1.807, 2.05) is 0 Å². The Morgan fingerprint density at radius 2 is 2.20 bits per heavy atom. The number of hydrogen-bond donors (Lipinski definition) is 1. The summed E-state index contributed by atoms with van der Waals surface area (Å²) in [6.07, 6.45) is 10.0. The Balaban J connectivity index is 1.87. The lowest BCUT2D eigenvalue weighted by atomic mass is 9.71. The number of oxazole rings is 1. The van der Waals surface area contributed by atoms with Crippen molar-refractivity contribution in [3.63, 3.8) is 0 Å². The highest BCUT2D eigenvalue weighted by molar-refractivity contribution is 5.07. The highest BCUT2D eigenvalue weighted by Gasteiger charge is 2.45. The molecule has 1 aromatic rings. The fourth-order valence-corrected chi connectivity index (χ4v) is 3.45. The van der Waals surface area contributed by atoms with Gasteiger partial charge in [0.15, 0.2) is 5.89 Å². The molecule has 2 fully saturated rings. The molecule has 1 aliphatic heterocycles. The van der Waals surface area contributed by atoms with Gasteiger partial charge in [-0.15, -0.1) is 0 Å². The van der Waals surface area contributed by atoms with Gasteiger partial charge >= 0.3 is 0 Å². The molecule has 82 valence electrons. The molecule has 0 radical (unpaired) electrons. The van der Waals surface area contributed by atoms with Crippen LogP contribution in [0, 0.1) is 5.41 Å². The summed E-state index contributed by atoms with van der Waals surface area (Å²) in [5, 5.41) is 3.45. The molecule has 3 nitrogen and oxygen atoms in total. The molecule has 0 bridgehead atoms. The standard InChI is InChI=1S/C12H18N2O/c1-2-10(11-14-8-9-15-11)12(3-1)4-6-13-7-5-12/h8-10,13H,1-7H2. The molecular formula is C12H18N2O. The van der Waals surface area contributed by atoms with Crippen LogP contribution in [0.15, 0.2) is 16.9 Å². The number of piperidine rings is 1. The first-order valence-corrected chi connectivity index (χ1v) is 6.01. The van der Waals surface area contributed by atoms with Crippen molar-refractivity contribution in [2.75, 3.05) is 13.1 Å². The summed E-state index contributed by atoms with van der Waals surface area (Å²) >= 11 is 0. The first-order valence-electron chi connectivity index (χ1n) is 6.01. The van der Waals surface area contributed by atoms with Crippen molar-refractivity contribution in [3.05, 3.63) is 18.4 Å². The smallest absolute Gasteiger partial charge is 0.197 e. The van der Waals surface area contributed by atoms with Gasteiger partial charge in [-0.3, -0.25) is 0 Å². The van der Waals surface area contributed by atoms with Crippen molar-refractivity contribution >= 4 is 0 Å². The molecule has 1 saturated carbocycles. The topological polar surface area (TPSA) is 38.1 Å². The first kappa shape index (κ1) is 9.40. The van der Waals surface area contributed by atoms with Crippen LogP contribution in [0.25, 0.3) is 0 Å². The van der Waals surface area contributed by atoms with E-state index >= 15 is 0 Å². The predicted octanol–water partition coefficient (Wildman–Crippen LogP) is 2.31. The van der Waals surface area contributed by atoms with Gasteiger partial charge in [0.2, 0.25) is 0 Å². The Hall–Kier alpha value is -0.830. The van der Waals surface area contributed by atoms with E-state index in [2.05, 4.69) is 10.3 Å². The van der Waals surface area contributed by atoms with E-state index in [0.29, 0.717) is 11.3 Å². The summed E-state index contributed by atoms with van der Waals surface area (Å²) in [6, 6.07) is 0. The molecule has 3 heteroatoms. The molecular weight excluding hydrogens is 188 g/mol. The van der Waals surface area contributed by atoms with Crippen LogP contribution in [-0.2, 0) is 0 Å². The van der Waals surface area contributed by atoms with Crippen molar-refractivity contribution in [1.29, 1.82) is 0 Å². The Kier molecular flexibility index (Phi) is 2.28. The van der Waals surface area contributed by atoms with Crippen LogP contribution in [0.3, 0.4) is 0 Å². The van der Waals surface area contributed by atoms with Crippen molar-refractivity contribution in [2.24, 2.45) is 5.41 Å². The van der Waals surface area contributed by atoms with Crippen molar-refractivity contribution in [3.8, 4) is 0 Å². The second-order valence-electron chi connectivity index (χ2n) is 4.93. The van der Waals surface area contributed by atoms with Gasteiger partial charge in [0.05, 0.1) is 6.20 Å². The normalized spacial score (nSPS) is 29.7. The zero-order valence-corrected chi connectivity index (χ0v) is 9.04. The summed E-state index contributed by atoms with van der Waals surface area (Å²) in [5.41, 5.74) is 0.496. The second kappa shape index (κ2) is 3.63. The molecule has 3 rings (SSSR count). The molecule has 15 heavy (non-hydrogen) atoms. The number of nitrogens with zero attached hydrogens (tertiary/aromatic N) is 1. The maximum absolute atomic E-state index is 5.51. The summed E-state index contributed by atoms with van der Waals surface area (Å²) in [6.45, 7) is 2.33. The lowest BCUT2D eigenvalue weighted by molar-refractivity contribution is 0.164. The average Bonchev–Trinajstić information content (AvgIpc) is 2.88. The number of nitrogens with one attached hydrogen (secondary N) is 1. The van der Waals surface area contributed by atoms with Gasteiger partial charge in [0.1, 0.15) is 6.26 Å². The number of aromatic nitrogens is 1. The maximum atomic E-state index is 5.51. The zero-order valence-electron chi connectivity index (χ0n) is 9.04. The summed E-state index contributed by atoms with van der Waals surface area (Å²) < 4.78 is 5.51. The van der Waals surface area contributed by atoms with E-state index in [-0.39, 0.29) is 0 Å². The van der Waals surface area contributed by atoms with E-state index in [9.17, 15) is 0 Å². The van der Waals surface area contributed by atoms with Crippen LogP contribution in [-0.4, -0.2) is 18.1 Å². The van der Waals surface area contributed by atoms with Gasteiger partial charge in [-0.2, -0.15) is 0 Å². The molecule has 0 amide bonds. The van der Waals surface area contributed by atoms with E-state index in [0.717, 1.165) is 19.0 Å². The van der Waals surface area contributed by atoms with Gasteiger partial charge in [-0.1, -0.05) is 6.42 Å². The van der Waals surface area contributed by atoms with Gasteiger partial charge in [-0.25, -0.2) is 4.98 Å². The van der Waals surface area contributed by atoms with Crippen LogP contribution >= 0.6 is 0 Å². The SMILES string of the molecule is c1coc(C2CCCC23CCNCC3)n1. The molecule has 0 aromatic carbocycles. The van der Waals surface area contributed by atoms with E-state index in [1.165, 1.54) is 32.1 Å². The Bertz CT molecular complexity index is 314. The first-order chi connectivity index (χ1) is 7.41. The minimum Gasteiger partial charge on any atom is -0.449 e. The molecule has 1 N–H and O–H groups in total. The molecule has 1 spiro atoms. The Labute approximate surface area is 90.3 Å². The van der Waals surface area contributed by atoms with Gasteiger partial charge in [0, 0.05) is 5.92 Å². The fourth-order valence-electron chi connectivity index (χ4n) is 3.45. The molecule has 2 aliphatic rings. The third-order valence-electron chi connectivity index (χ3n) is 4.26. The summed E-state index contributed by atoms with van der Waals surface area (Å²) in [7, 11) is 0. The lowest BCUT2D eigenvalue weighted by Crippen LogP contribution is -2.38. The molecule has 1 unspecified atom stereocenters. The Morgan fingerprint density at radius 1 is 1.33 bits per heavy atom. The highest BCUT2D eigenvalue weighted by atomic mass is 16.3. The van der Waals surface area contributed by atoms with E-state index < -0.39 is 0 Å². The van der Waals surface area contributed by atoms with Crippen molar-refractivity contribution < 1.29 is 4.42 Å². The molecule has 2 heterocycles. The van der Waals surface area contributed by atoms with E-state index in [1.54, 1.807) is 12.5 Å². The van der Waals surface area contributed by atoms with Gasteiger partial charge < -0.3 is 9.73 Å². The Morgan fingerprint density at radius 3 is 2.93 bits per heavy atom. The third-order valence-corrected chi connectivity index (χ3v) is 4.26. The zero-order chi connectivity index (χ0) is 10.1. The largest absolute Gasteiger partial charge is 0.449 e. The number of rotatable bonds is 1. The lowest BCUT2D eigenvalue weighted by Gasteiger charge is -2.38. The second-order valence-corrected chi connectivity index (χ2v) is 4.93. The molecule has 1 aromatic heterocycles. The van der Waals surface area contributed by atoms with Crippen molar-refractivity contribution in [2.45, 2.75) is 38.0 Å². The number of hydrogen-bond acceptors (Lipinski definition) is 3. The van der Waals surface area contributed by atoms with Crippen molar-refractivity contribution in [1.82, 2.24) is 10.3 Å². The predicted molar refractivity (Wildman–Crippen MR) is 57.6 cm³/mol. The summed E-state index contributed by atoms with van der Waals surface area (Å²) in [5.74, 6) is 1.56.